The van der Waals surface area contributed by atoms with E-state index in [4.69, 9.17) is 11.6 Å². The van der Waals surface area contributed by atoms with Crippen molar-refractivity contribution in [1.82, 2.24) is 24.5 Å². The minimum atomic E-state index is -0.458. The highest BCUT2D eigenvalue weighted by atomic mass is 79.9. The molecule has 2 aromatic heterocycles. The van der Waals surface area contributed by atoms with Gasteiger partial charge >= 0.3 is 0 Å². The van der Waals surface area contributed by atoms with Crippen LogP contribution in [0.1, 0.15) is 44.1 Å². The number of carbonyl (C=O) groups excluding carboxylic acids is 1. The molecule has 4 fully saturated rings. The van der Waals surface area contributed by atoms with Crippen molar-refractivity contribution >= 4 is 55.2 Å². The Morgan fingerprint density at radius 2 is 1.97 bits per heavy atom. The van der Waals surface area contributed by atoms with E-state index in [9.17, 15) is 9.18 Å². The van der Waals surface area contributed by atoms with Crippen molar-refractivity contribution in [3.05, 3.63) is 56.3 Å². The number of hydrogen-bond donors (Lipinski definition) is 1. The van der Waals surface area contributed by atoms with E-state index in [-0.39, 0.29) is 23.8 Å². The number of rotatable bonds is 5. The Bertz CT molecular complexity index is 1260. The Labute approximate surface area is 217 Å². The summed E-state index contributed by atoms with van der Waals surface area (Å²) in [7, 11) is 0. The maximum Gasteiger partial charge on any atom is 0.231 e. The van der Waals surface area contributed by atoms with E-state index in [1.807, 2.05) is 4.68 Å². The first-order chi connectivity index (χ1) is 16.3. The number of nitrogens with one attached hydrogen (secondary N) is 1. The number of anilines is 1. The van der Waals surface area contributed by atoms with Gasteiger partial charge in [-0.15, -0.1) is 5.10 Å². The van der Waals surface area contributed by atoms with Gasteiger partial charge in [-0.3, -0.25) is 9.48 Å². The minimum absolute atomic E-state index is 0.0000278. The number of carbonyl (C=O) groups is 1. The van der Waals surface area contributed by atoms with Crippen molar-refractivity contribution < 1.29 is 9.18 Å². The Kier molecular flexibility index (Phi) is 5.42. The highest BCUT2D eigenvalue weighted by Crippen LogP contribution is 2.64. The van der Waals surface area contributed by atoms with Gasteiger partial charge in [0.15, 0.2) is 5.82 Å². The third kappa shape index (κ3) is 3.73. The predicted octanol–water partition coefficient (Wildman–Crippen LogP) is 5.77. The lowest BCUT2D eigenvalue weighted by Gasteiger charge is -2.60. The fourth-order valence-electron chi connectivity index (χ4n) is 6.87. The van der Waals surface area contributed by atoms with Crippen LogP contribution in [-0.2, 0) is 16.9 Å². The van der Waals surface area contributed by atoms with Crippen LogP contribution in [0.2, 0.25) is 5.02 Å². The number of halogens is 4. The number of nitrogens with zero attached hydrogens (tertiary/aromatic N) is 5. The predicted molar refractivity (Wildman–Crippen MR) is 132 cm³/mol. The van der Waals surface area contributed by atoms with Crippen LogP contribution in [0.15, 0.2) is 39.9 Å². The van der Waals surface area contributed by atoms with Crippen LogP contribution in [0.5, 0.6) is 0 Å². The molecular formula is C23H22Br2ClFN6O. The van der Waals surface area contributed by atoms with E-state index in [1.54, 1.807) is 29.3 Å². The van der Waals surface area contributed by atoms with Gasteiger partial charge < -0.3 is 5.32 Å². The third-order valence-corrected chi connectivity index (χ3v) is 9.09. The Morgan fingerprint density at radius 1 is 1.21 bits per heavy atom. The molecule has 4 aliphatic carbocycles. The highest BCUT2D eigenvalue weighted by Gasteiger charge is 2.61. The fraction of sp³-hybridized carbons (Fsp3) is 0.478. The number of aromatic nitrogens is 5. The molecule has 0 spiro atoms. The lowest BCUT2D eigenvalue weighted by Crippen LogP contribution is -2.60. The van der Waals surface area contributed by atoms with E-state index in [0.29, 0.717) is 37.4 Å². The molecule has 4 aliphatic rings. The normalized spacial score (nSPS) is 29.5. The van der Waals surface area contributed by atoms with Gasteiger partial charge in [0.1, 0.15) is 12.1 Å². The van der Waals surface area contributed by atoms with Crippen molar-refractivity contribution in [2.75, 3.05) is 5.32 Å². The van der Waals surface area contributed by atoms with E-state index >= 15 is 0 Å². The van der Waals surface area contributed by atoms with Crippen LogP contribution in [-0.4, -0.2) is 30.5 Å². The molecule has 0 saturated heterocycles. The molecule has 0 radical (unpaired) electrons. The van der Waals surface area contributed by atoms with E-state index in [2.05, 4.69) is 52.4 Å². The van der Waals surface area contributed by atoms with Crippen LogP contribution < -0.4 is 5.32 Å². The van der Waals surface area contributed by atoms with Gasteiger partial charge in [0, 0.05) is 16.8 Å². The second-order valence-electron chi connectivity index (χ2n) is 10.1. The second-order valence-corrected chi connectivity index (χ2v) is 12.1. The average Bonchev–Trinajstić information content (AvgIpc) is 3.36. The average molecular weight is 613 g/mol. The summed E-state index contributed by atoms with van der Waals surface area (Å²) in [5.74, 6) is 1.05. The summed E-state index contributed by atoms with van der Waals surface area (Å²) in [5.41, 5.74) is -0.266. The van der Waals surface area contributed by atoms with Crippen molar-refractivity contribution in [2.45, 2.75) is 50.6 Å². The third-order valence-electron chi connectivity index (χ3n) is 7.79. The van der Waals surface area contributed by atoms with Crippen LogP contribution in [0, 0.1) is 23.1 Å². The van der Waals surface area contributed by atoms with Gasteiger partial charge in [-0.25, -0.2) is 14.1 Å². The summed E-state index contributed by atoms with van der Waals surface area (Å²) >= 11 is 13.0. The molecule has 1 amide bonds. The van der Waals surface area contributed by atoms with Crippen LogP contribution >= 0.6 is 43.5 Å². The minimum Gasteiger partial charge on any atom is -0.308 e. The molecule has 11 heteroatoms. The van der Waals surface area contributed by atoms with Crippen LogP contribution in [0.25, 0.3) is 0 Å². The fourth-order valence-corrected chi connectivity index (χ4v) is 7.77. The van der Waals surface area contributed by atoms with Crippen molar-refractivity contribution in [3.63, 3.8) is 0 Å². The molecule has 7 nitrogen and oxygen atoms in total. The molecule has 2 atom stereocenters. The summed E-state index contributed by atoms with van der Waals surface area (Å²) in [6, 6.07) is 4.60. The molecule has 34 heavy (non-hydrogen) atoms. The molecule has 2 heterocycles. The molecule has 2 unspecified atom stereocenters. The first kappa shape index (κ1) is 22.7. The van der Waals surface area contributed by atoms with Gasteiger partial charge in [-0.1, -0.05) is 17.7 Å². The van der Waals surface area contributed by atoms with Gasteiger partial charge in [-0.05, 0) is 94.4 Å². The molecule has 1 aromatic carbocycles. The quantitative estimate of drug-likeness (QED) is 0.397. The summed E-state index contributed by atoms with van der Waals surface area (Å²) in [4.78, 5) is 18.0. The summed E-state index contributed by atoms with van der Waals surface area (Å²) in [6.45, 7) is 0.166. The molecule has 178 valence electrons. The first-order valence-corrected chi connectivity index (χ1v) is 13.3. The zero-order valence-electron chi connectivity index (χ0n) is 18.1. The Balaban J connectivity index is 1.25. The molecule has 1 N–H and O–H groups in total. The largest absolute Gasteiger partial charge is 0.308 e. The molecule has 4 bridgehead atoms. The summed E-state index contributed by atoms with van der Waals surface area (Å²) in [6.07, 6.45) is 9.28. The highest BCUT2D eigenvalue weighted by molar-refractivity contribution is 9.10. The smallest absolute Gasteiger partial charge is 0.231 e. The van der Waals surface area contributed by atoms with E-state index in [0.717, 1.165) is 32.1 Å². The van der Waals surface area contributed by atoms with Gasteiger partial charge in [0.05, 0.1) is 22.0 Å². The molecule has 0 aliphatic heterocycles. The maximum atomic E-state index is 14.2. The lowest BCUT2D eigenvalue weighted by atomic mass is 9.46. The molecule has 4 saturated carbocycles. The van der Waals surface area contributed by atoms with E-state index in [1.165, 1.54) is 12.5 Å². The van der Waals surface area contributed by atoms with Crippen molar-refractivity contribution in [2.24, 2.45) is 17.3 Å². The summed E-state index contributed by atoms with van der Waals surface area (Å²) < 4.78 is 19.0. The van der Waals surface area contributed by atoms with Crippen LogP contribution in [0.3, 0.4) is 0 Å². The SMILES string of the molecule is O=C(Nc1nn(Cc2c(F)cccc2Cl)cc1Br)C12CC3CC(C1)CC(n1cnc(Br)n1)(C3)C2. The van der Waals surface area contributed by atoms with Gasteiger partial charge in [0.25, 0.3) is 0 Å². The summed E-state index contributed by atoms with van der Waals surface area (Å²) in [5, 5.41) is 12.5. The molecular weight excluding hydrogens is 591 g/mol. The first-order valence-electron chi connectivity index (χ1n) is 11.3. The van der Waals surface area contributed by atoms with Crippen LogP contribution in [0.4, 0.5) is 10.2 Å². The number of hydrogen-bond acceptors (Lipinski definition) is 4. The second kappa shape index (κ2) is 8.13. The standard InChI is InChI=1S/C23H22Br2ClFN6O/c24-16-10-32(9-15-17(26)2-1-3-18(15)27)30-19(16)29-20(34)22-5-13-4-14(6-22)8-23(7-13,11-22)33-12-28-21(25)31-33/h1-3,10,12-14H,4-9,11H2,(H,29,30,34). The number of amides is 1. The number of benzene rings is 1. The maximum absolute atomic E-state index is 14.2. The topological polar surface area (TPSA) is 77.6 Å². The van der Waals surface area contributed by atoms with Gasteiger partial charge in [-0.2, -0.15) is 5.10 Å². The Hall–Kier alpha value is -1.78. The molecule has 3 aromatic rings. The van der Waals surface area contributed by atoms with Gasteiger partial charge in [0.2, 0.25) is 10.6 Å². The Morgan fingerprint density at radius 3 is 2.65 bits per heavy atom. The molecule has 7 rings (SSSR count). The monoisotopic (exact) mass is 610 g/mol. The van der Waals surface area contributed by atoms with Crippen molar-refractivity contribution in [1.29, 1.82) is 0 Å². The zero-order valence-corrected chi connectivity index (χ0v) is 22.1. The van der Waals surface area contributed by atoms with E-state index < -0.39 is 5.41 Å². The van der Waals surface area contributed by atoms with Crippen molar-refractivity contribution in [3.8, 4) is 0 Å². The lowest BCUT2D eigenvalue weighted by molar-refractivity contribution is -0.150. The zero-order chi connectivity index (χ0) is 23.7.